The normalized spacial score (nSPS) is 10.2. The Morgan fingerprint density at radius 1 is 1.37 bits per heavy atom. The molecule has 4 N–H and O–H groups in total. The summed E-state index contributed by atoms with van der Waals surface area (Å²) >= 11 is 3.21. The van der Waals surface area contributed by atoms with E-state index in [2.05, 4.69) is 20.9 Å². The molecule has 0 radical (unpaired) electrons. The Kier molecular flexibility index (Phi) is 3.66. The third-order valence-electron chi connectivity index (χ3n) is 2.27. The van der Waals surface area contributed by atoms with E-state index in [4.69, 9.17) is 16.2 Å². The predicted molar refractivity (Wildman–Crippen MR) is 71.3 cm³/mol. The van der Waals surface area contributed by atoms with Crippen LogP contribution in [-0.2, 0) is 0 Å². The number of carbonyl (C=O) groups excluding carboxylic acids is 1. The summed E-state index contributed by atoms with van der Waals surface area (Å²) in [7, 11) is 0. The van der Waals surface area contributed by atoms with Crippen LogP contribution in [0.1, 0.15) is 10.4 Å². The number of nitrogen functional groups attached to an aromatic ring is 1. The van der Waals surface area contributed by atoms with E-state index < -0.39 is 11.7 Å². The molecule has 0 aliphatic carbocycles. The van der Waals surface area contributed by atoms with E-state index in [1.807, 2.05) is 0 Å². The molecule has 19 heavy (non-hydrogen) atoms. The van der Waals surface area contributed by atoms with Gasteiger partial charge in [-0.2, -0.15) is 0 Å². The Labute approximate surface area is 116 Å². The van der Waals surface area contributed by atoms with E-state index in [1.54, 1.807) is 6.07 Å². The second-order valence-corrected chi connectivity index (χ2v) is 4.57. The average molecular weight is 326 g/mol. The van der Waals surface area contributed by atoms with Gasteiger partial charge >= 0.3 is 0 Å². The number of pyridine rings is 1. The summed E-state index contributed by atoms with van der Waals surface area (Å²) in [6, 6.07) is 5.30. The van der Waals surface area contributed by atoms with Gasteiger partial charge in [-0.25, -0.2) is 9.37 Å². The van der Waals surface area contributed by atoms with Gasteiger partial charge in [-0.05, 0) is 34.1 Å². The topological polar surface area (TPSA) is 91.2 Å². The number of benzene rings is 1. The number of hydrogen-bond acceptors (Lipinski definition) is 4. The van der Waals surface area contributed by atoms with Crippen LogP contribution in [-0.4, -0.2) is 10.9 Å². The monoisotopic (exact) mass is 325 g/mol. The third-order valence-corrected chi connectivity index (χ3v) is 2.70. The first-order chi connectivity index (χ1) is 8.97. The minimum absolute atomic E-state index is 0.148. The molecule has 0 unspecified atom stereocenters. The molecule has 7 heteroatoms. The van der Waals surface area contributed by atoms with Gasteiger partial charge in [-0.3, -0.25) is 4.79 Å². The van der Waals surface area contributed by atoms with Crippen molar-refractivity contribution in [2.24, 2.45) is 5.73 Å². The molecule has 0 atom stereocenters. The maximum atomic E-state index is 13.5. The van der Waals surface area contributed by atoms with Crippen molar-refractivity contribution in [3.05, 3.63) is 46.3 Å². The highest BCUT2D eigenvalue weighted by molar-refractivity contribution is 9.10. The second kappa shape index (κ2) is 5.23. The number of hydrogen-bond donors (Lipinski definition) is 2. The van der Waals surface area contributed by atoms with Crippen molar-refractivity contribution in [2.75, 3.05) is 5.73 Å². The predicted octanol–water partition coefficient (Wildman–Crippen LogP) is 2.46. The quantitative estimate of drug-likeness (QED) is 0.906. The molecule has 0 fully saturated rings. The van der Waals surface area contributed by atoms with Gasteiger partial charge in [0.1, 0.15) is 11.6 Å². The lowest BCUT2D eigenvalue weighted by atomic mass is 10.2. The van der Waals surface area contributed by atoms with Gasteiger partial charge in [-0.1, -0.05) is 0 Å². The zero-order valence-electron chi connectivity index (χ0n) is 9.56. The van der Waals surface area contributed by atoms with Crippen molar-refractivity contribution < 1.29 is 13.9 Å². The van der Waals surface area contributed by atoms with Gasteiger partial charge in [0.05, 0.1) is 11.3 Å². The summed E-state index contributed by atoms with van der Waals surface area (Å²) in [6.07, 6.45) is 1.50. The molecule has 0 saturated heterocycles. The number of nitrogens with two attached hydrogens (primary N) is 2. The molecule has 2 aromatic rings. The fourth-order valence-electron chi connectivity index (χ4n) is 1.40. The van der Waals surface area contributed by atoms with Crippen LogP contribution < -0.4 is 16.2 Å². The summed E-state index contributed by atoms with van der Waals surface area (Å²) in [5.41, 5.74) is 10.8. The molecule has 0 bridgehead atoms. The van der Waals surface area contributed by atoms with Crippen molar-refractivity contribution >= 4 is 27.5 Å². The summed E-state index contributed by atoms with van der Waals surface area (Å²) < 4.78 is 19.6. The molecule has 0 spiro atoms. The molecule has 1 aromatic heterocycles. The lowest BCUT2D eigenvalue weighted by Gasteiger charge is -2.08. The Balaban J connectivity index is 2.29. The minimum Gasteiger partial charge on any atom is -0.437 e. The van der Waals surface area contributed by atoms with Crippen LogP contribution in [0, 0.1) is 5.82 Å². The van der Waals surface area contributed by atoms with Crippen molar-refractivity contribution in [2.45, 2.75) is 0 Å². The van der Waals surface area contributed by atoms with Gasteiger partial charge in [0.25, 0.3) is 5.91 Å². The number of aromatic nitrogens is 1. The van der Waals surface area contributed by atoms with Gasteiger partial charge in [-0.15, -0.1) is 0 Å². The van der Waals surface area contributed by atoms with Gasteiger partial charge in [0.15, 0.2) is 0 Å². The summed E-state index contributed by atoms with van der Waals surface area (Å²) in [5.74, 6) is -1.29. The van der Waals surface area contributed by atoms with Crippen molar-refractivity contribution in [3.8, 4) is 11.6 Å². The smallest absolute Gasteiger partial charge is 0.251 e. The van der Waals surface area contributed by atoms with E-state index in [1.165, 1.54) is 18.3 Å². The summed E-state index contributed by atoms with van der Waals surface area (Å²) in [4.78, 5) is 14.8. The maximum Gasteiger partial charge on any atom is 0.251 e. The Hall–Kier alpha value is -2.15. The lowest BCUT2D eigenvalue weighted by Crippen LogP contribution is -2.12. The van der Waals surface area contributed by atoms with E-state index in [9.17, 15) is 9.18 Å². The van der Waals surface area contributed by atoms with E-state index in [-0.39, 0.29) is 17.2 Å². The summed E-state index contributed by atoms with van der Waals surface area (Å²) in [6.45, 7) is 0. The van der Waals surface area contributed by atoms with Crippen LogP contribution in [0.15, 0.2) is 34.9 Å². The fraction of sp³-hybridized carbons (Fsp3) is 0. The van der Waals surface area contributed by atoms with Gasteiger partial charge in [0.2, 0.25) is 5.88 Å². The number of anilines is 1. The van der Waals surface area contributed by atoms with Crippen molar-refractivity contribution in [1.29, 1.82) is 0 Å². The number of primary amides is 1. The van der Waals surface area contributed by atoms with Crippen molar-refractivity contribution in [1.82, 2.24) is 4.98 Å². The first kappa shape index (κ1) is 13.3. The molecular weight excluding hydrogens is 317 g/mol. The highest BCUT2D eigenvalue weighted by atomic mass is 79.9. The van der Waals surface area contributed by atoms with E-state index >= 15 is 0 Å². The standard InChI is InChI=1S/C12H9BrFN3O2/c13-6-3-10(15)12(17-5-6)19-7-1-2-8(11(16)18)9(14)4-7/h1-5H,15H2,(H2,16,18). The molecule has 0 aliphatic heterocycles. The SMILES string of the molecule is NC(=O)c1ccc(Oc2ncc(Br)cc2N)cc1F. The van der Waals surface area contributed by atoms with Crippen LogP contribution in [0.4, 0.5) is 10.1 Å². The number of ether oxygens (including phenoxy) is 1. The largest absolute Gasteiger partial charge is 0.437 e. The van der Waals surface area contributed by atoms with E-state index in [0.29, 0.717) is 10.2 Å². The zero-order valence-corrected chi connectivity index (χ0v) is 11.1. The van der Waals surface area contributed by atoms with Gasteiger partial charge in [0, 0.05) is 16.7 Å². The molecule has 0 saturated carbocycles. The molecule has 1 amide bonds. The Bertz CT molecular complexity index is 649. The van der Waals surface area contributed by atoms with Crippen LogP contribution >= 0.6 is 15.9 Å². The van der Waals surface area contributed by atoms with Crippen molar-refractivity contribution in [3.63, 3.8) is 0 Å². The highest BCUT2D eigenvalue weighted by Crippen LogP contribution is 2.28. The fourth-order valence-corrected chi connectivity index (χ4v) is 1.75. The average Bonchev–Trinajstić information content (AvgIpc) is 2.32. The molecule has 0 aliphatic rings. The molecule has 2 rings (SSSR count). The first-order valence-corrected chi connectivity index (χ1v) is 5.95. The molecule has 5 nitrogen and oxygen atoms in total. The molecule has 1 aromatic carbocycles. The number of carbonyl (C=O) groups is 1. The minimum atomic E-state index is -0.842. The number of nitrogens with zero attached hydrogens (tertiary/aromatic N) is 1. The summed E-state index contributed by atoms with van der Waals surface area (Å²) in [5, 5.41) is 0. The maximum absolute atomic E-state index is 13.5. The van der Waals surface area contributed by atoms with Crippen LogP contribution in [0.25, 0.3) is 0 Å². The Morgan fingerprint density at radius 3 is 2.68 bits per heavy atom. The highest BCUT2D eigenvalue weighted by Gasteiger charge is 2.11. The number of amides is 1. The van der Waals surface area contributed by atoms with Crippen LogP contribution in [0.2, 0.25) is 0 Å². The van der Waals surface area contributed by atoms with Gasteiger partial charge < -0.3 is 16.2 Å². The zero-order chi connectivity index (χ0) is 14.0. The second-order valence-electron chi connectivity index (χ2n) is 3.66. The molecular formula is C12H9BrFN3O2. The number of halogens is 2. The van der Waals surface area contributed by atoms with Crippen LogP contribution in [0.3, 0.4) is 0 Å². The molecule has 98 valence electrons. The van der Waals surface area contributed by atoms with Crippen LogP contribution in [0.5, 0.6) is 11.6 Å². The lowest BCUT2D eigenvalue weighted by molar-refractivity contribution is 0.0996. The third kappa shape index (κ3) is 3.00. The number of rotatable bonds is 3. The first-order valence-electron chi connectivity index (χ1n) is 5.15. The Morgan fingerprint density at radius 2 is 2.11 bits per heavy atom. The van der Waals surface area contributed by atoms with E-state index in [0.717, 1.165) is 6.07 Å². The molecule has 1 heterocycles.